The van der Waals surface area contributed by atoms with Gasteiger partial charge in [-0.15, -0.1) is 0 Å². The highest BCUT2D eigenvalue weighted by molar-refractivity contribution is 9.10. The lowest BCUT2D eigenvalue weighted by molar-refractivity contribution is 0.0837. The third-order valence-corrected chi connectivity index (χ3v) is 4.32. The van der Waals surface area contributed by atoms with Crippen molar-refractivity contribution in [2.45, 2.75) is 13.8 Å². The highest BCUT2D eigenvalue weighted by atomic mass is 79.9. The van der Waals surface area contributed by atoms with Gasteiger partial charge in [-0.3, -0.25) is 9.69 Å². The number of carbonyl (C=O) groups excluding carboxylic acids is 1. The topological polar surface area (TPSA) is 23.6 Å². The molecule has 1 heterocycles. The highest BCUT2D eigenvalue weighted by Gasteiger charge is 2.20. The molecule has 110 valence electrons. The zero-order valence-corrected chi connectivity index (χ0v) is 13.9. The highest BCUT2D eigenvalue weighted by Crippen LogP contribution is 2.17. The van der Waals surface area contributed by atoms with Crippen molar-refractivity contribution >= 4 is 21.7 Å². The maximum atomic E-state index is 12.3. The Kier molecular flexibility index (Phi) is 5.75. The van der Waals surface area contributed by atoms with Gasteiger partial charge in [-0.25, -0.2) is 0 Å². The van der Waals surface area contributed by atoms with E-state index in [2.05, 4.69) is 39.6 Å². The first-order valence-electron chi connectivity index (χ1n) is 7.28. The number of piperazine rings is 1. The van der Waals surface area contributed by atoms with Crippen molar-refractivity contribution in [3.8, 4) is 0 Å². The van der Waals surface area contributed by atoms with Crippen LogP contribution in [0.15, 0.2) is 28.7 Å². The fraction of sp³-hybridized carbons (Fsp3) is 0.562. The Morgan fingerprint density at radius 3 is 2.35 bits per heavy atom. The van der Waals surface area contributed by atoms with Gasteiger partial charge in [0.05, 0.1) is 6.54 Å². The Bertz CT molecular complexity index is 454. The molecule has 0 aliphatic carbocycles. The van der Waals surface area contributed by atoms with Crippen molar-refractivity contribution in [3.05, 3.63) is 34.3 Å². The van der Waals surface area contributed by atoms with E-state index in [4.69, 9.17) is 0 Å². The number of nitrogens with zero attached hydrogens (tertiary/aromatic N) is 2. The van der Waals surface area contributed by atoms with Crippen molar-refractivity contribution in [2.75, 3.05) is 39.3 Å². The standard InChI is InChI=1S/C16H23BrN2O/c1-13(2)11-18-7-9-19(10-8-18)12-16(20)14-5-3-4-6-15(14)17/h3-6,13H,7-12H2,1-2H3. The molecule has 1 aliphatic heterocycles. The number of Topliss-reactive ketones (excluding diaryl/α,β-unsaturated/α-hetero) is 1. The van der Waals surface area contributed by atoms with Crippen LogP contribution in [0.3, 0.4) is 0 Å². The Morgan fingerprint density at radius 2 is 1.75 bits per heavy atom. The summed E-state index contributed by atoms with van der Waals surface area (Å²) in [5.74, 6) is 0.915. The number of hydrogen-bond donors (Lipinski definition) is 0. The van der Waals surface area contributed by atoms with Gasteiger partial charge in [0.15, 0.2) is 5.78 Å². The number of benzene rings is 1. The quantitative estimate of drug-likeness (QED) is 0.771. The molecule has 1 aliphatic rings. The zero-order chi connectivity index (χ0) is 14.5. The maximum Gasteiger partial charge on any atom is 0.177 e. The van der Waals surface area contributed by atoms with Gasteiger partial charge in [0.1, 0.15) is 0 Å². The van der Waals surface area contributed by atoms with E-state index in [9.17, 15) is 4.79 Å². The number of rotatable bonds is 5. The van der Waals surface area contributed by atoms with E-state index in [0.717, 1.165) is 42.8 Å². The summed E-state index contributed by atoms with van der Waals surface area (Å²) in [6.45, 7) is 10.3. The van der Waals surface area contributed by atoms with Crippen molar-refractivity contribution in [1.29, 1.82) is 0 Å². The predicted molar refractivity (Wildman–Crippen MR) is 86.2 cm³/mol. The molecule has 4 heteroatoms. The van der Waals surface area contributed by atoms with Crippen molar-refractivity contribution in [1.82, 2.24) is 9.80 Å². The van der Waals surface area contributed by atoms with Gasteiger partial charge in [0.2, 0.25) is 0 Å². The molecule has 3 nitrogen and oxygen atoms in total. The molecule has 1 aromatic carbocycles. The molecule has 0 bridgehead atoms. The number of ketones is 1. The lowest BCUT2D eigenvalue weighted by Crippen LogP contribution is -2.48. The van der Waals surface area contributed by atoms with Crippen LogP contribution in [0.25, 0.3) is 0 Å². The van der Waals surface area contributed by atoms with E-state index in [-0.39, 0.29) is 5.78 Å². The third kappa shape index (κ3) is 4.40. The molecule has 20 heavy (non-hydrogen) atoms. The van der Waals surface area contributed by atoms with Crippen LogP contribution in [-0.2, 0) is 0 Å². The van der Waals surface area contributed by atoms with Gasteiger partial charge in [-0.2, -0.15) is 0 Å². The van der Waals surface area contributed by atoms with Crippen molar-refractivity contribution in [3.63, 3.8) is 0 Å². The normalized spacial score (nSPS) is 17.6. The average molecular weight is 339 g/mol. The Morgan fingerprint density at radius 1 is 1.15 bits per heavy atom. The van der Waals surface area contributed by atoms with E-state index in [1.807, 2.05) is 24.3 Å². The minimum atomic E-state index is 0.204. The molecule has 0 amide bonds. The van der Waals surface area contributed by atoms with Crippen LogP contribution in [0.1, 0.15) is 24.2 Å². The average Bonchev–Trinajstić information content (AvgIpc) is 2.41. The molecule has 0 atom stereocenters. The zero-order valence-electron chi connectivity index (χ0n) is 12.3. The second-order valence-electron chi connectivity index (χ2n) is 5.87. The van der Waals surface area contributed by atoms with Crippen LogP contribution in [-0.4, -0.2) is 54.9 Å². The number of halogens is 1. The summed E-state index contributed by atoms with van der Waals surface area (Å²) in [6.07, 6.45) is 0. The molecule has 0 spiro atoms. The summed E-state index contributed by atoms with van der Waals surface area (Å²) >= 11 is 3.45. The summed E-state index contributed by atoms with van der Waals surface area (Å²) < 4.78 is 0.892. The van der Waals surface area contributed by atoms with E-state index in [1.165, 1.54) is 0 Å². The van der Waals surface area contributed by atoms with E-state index in [0.29, 0.717) is 12.5 Å². The van der Waals surface area contributed by atoms with Gasteiger partial charge in [0, 0.05) is 42.8 Å². The van der Waals surface area contributed by atoms with Gasteiger partial charge in [-0.05, 0) is 12.0 Å². The van der Waals surface area contributed by atoms with E-state index >= 15 is 0 Å². The third-order valence-electron chi connectivity index (χ3n) is 3.63. The minimum Gasteiger partial charge on any atom is -0.301 e. The van der Waals surface area contributed by atoms with Crippen LogP contribution in [0, 0.1) is 5.92 Å². The smallest absolute Gasteiger partial charge is 0.177 e. The van der Waals surface area contributed by atoms with Gasteiger partial charge >= 0.3 is 0 Å². The first kappa shape index (κ1) is 15.7. The van der Waals surface area contributed by atoms with Crippen LogP contribution in [0.4, 0.5) is 0 Å². The van der Waals surface area contributed by atoms with Crippen molar-refractivity contribution < 1.29 is 4.79 Å². The molecular weight excluding hydrogens is 316 g/mol. The summed E-state index contributed by atoms with van der Waals surface area (Å²) in [4.78, 5) is 17.1. The second-order valence-corrected chi connectivity index (χ2v) is 6.73. The molecular formula is C16H23BrN2O. The molecule has 0 saturated carbocycles. The van der Waals surface area contributed by atoms with Crippen molar-refractivity contribution in [2.24, 2.45) is 5.92 Å². The first-order valence-corrected chi connectivity index (χ1v) is 8.08. The van der Waals surface area contributed by atoms with E-state index < -0.39 is 0 Å². The monoisotopic (exact) mass is 338 g/mol. The lowest BCUT2D eigenvalue weighted by atomic mass is 10.1. The van der Waals surface area contributed by atoms with Crippen LogP contribution < -0.4 is 0 Å². The van der Waals surface area contributed by atoms with Gasteiger partial charge in [-0.1, -0.05) is 48.0 Å². The summed E-state index contributed by atoms with van der Waals surface area (Å²) in [5, 5.41) is 0. The summed E-state index contributed by atoms with van der Waals surface area (Å²) in [7, 11) is 0. The summed E-state index contributed by atoms with van der Waals surface area (Å²) in [5.41, 5.74) is 0.789. The second kappa shape index (κ2) is 7.34. The minimum absolute atomic E-state index is 0.204. The Hall–Kier alpha value is -0.710. The molecule has 2 rings (SSSR count). The molecule has 0 unspecified atom stereocenters. The molecule has 0 radical (unpaired) electrons. The lowest BCUT2D eigenvalue weighted by Gasteiger charge is -2.35. The fourth-order valence-electron chi connectivity index (χ4n) is 2.62. The van der Waals surface area contributed by atoms with Crippen LogP contribution >= 0.6 is 15.9 Å². The van der Waals surface area contributed by atoms with E-state index in [1.54, 1.807) is 0 Å². The Labute approximate surface area is 130 Å². The first-order chi connectivity index (χ1) is 9.56. The SMILES string of the molecule is CC(C)CN1CCN(CC(=O)c2ccccc2Br)CC1. The molecule has 0 N–H and O–H groups in total. The predicted octanol–water partition coefficient (Wildman–Crippen LogP) is 2.91. The largest absolute Gasteiger partial charge is 0.301 e. The number of carbonyl (C=O) groups is 1. The Balaban J connectivity index is 1.84. The van der Waals surface area contributed by atoms with Gasteiger partial charge in [0.25, 0.3) is 0 Å². The van der Waals surface area contributed by atoms with Crippen LogP contribution in [0.5, 0.6) is 0 Å². The van der Waals surface area contributed by atoms with Crippen LogP contribution in [0.2, 0.25) is 0 Å². The maximum absolute atomic E-state index is 12.3. The molecule has 1 saturated heterocycles. The van der Waals surface area contributed by atoms with Gasteiger partial charge < -0.3 is 4.90 Å². The number of hydrogen-bond acceptors (Lipinski definition) is 3. The fourth-order valence-corrected chi connectivity index (χ4v) is 3.13. The molecule has 1 fully saturated rings. The molecule has 0 aromatic heterocycles. The summed E-state index contributed by atoms with van der Waals surface area (Å²) in [6, 6.07) is 7.67. The molecule has 1 aromatic rings.